The molecule has 1 amide bonds. The minimum atomic E-state index is -2.91. The Morgan fingerprint density at radius 2 is 1.95 bits per heavy atom. The van der Waals surface area contributed by atoms with Crippen molar-refractivity contribution < 1.29 is 23.0 Å². The summed E-state index contributed by atoms with van der Waals surface area (Å²) in [5, 5.41) is 0. The average molecular weight is 294 g/mol. The van der Waals surface area contributed by atoms with Crippen molar-refractivity contribution in [2.24, 2.45) is 5.73 Å². The molecule has 2 unspecified atom stereocenters. The summed E-state index contributed by atoms with van der Waals surface area (Å²) in [6.45, 7) is 6.01. The number of carbonyl (C=O) groups excluding carboxylic acids is 1. The number of carbonyl (C=O) groups is 1. The fourth-order valence-electron chi connectivity index (χ4n) is 1.86. The second-order valence-electron chi connectivity index (χ2n) is 6.30. The van der Waals surface area contributed by atoms with E-state index in [-0.39, 0.29) is 12.6 Å². The predicted octanol–water partition coefficient (Wildman–Crippen LogP) is 1.99. The van der Waals surface area contributed by atoms with Gasteiger partial charge in [0, 0.05) is 19.5 Å². The fourth-order valence-corrected chi connectivity index (χ4v) is 1.86. The summed E-state index contributed by atoms with van der Waals surface area (Å²) in [4.78, 5) is 13.4. The van der Waals surface area contributed by atoms with Crippen LogP contribution in [0.5, 0.6) is 0 Å². The van der Waals surface area contributed by atoms with Crippen molar-refractivity contribution in [2.75, 3.05) is 19.7 Å². The van der Waals surface area contributed by atoms with Gasteiger partial charge in [-0.15, -0.1) is 0 Å². The number of hydrogen-bond donors (Lipinski definition) is 1. The third kappa shape index (κ3) is 6.00. The van der Waals surface area contributed by atoms with Gasteiger partial charge in [-0.1, -0.05) is 0 Å². The van der Waals surface area contributed by atoms with E-state index in [0.29, 0.717) is 13.0 Å². The maximum Gasteiger partial charge on any atom is 0.410 e. The van der Waals surface area contributed by atoms with E-state index in [1.54, 1.807) is 20.8 Å². The topological polar surface area (TPSA) is 64.8 Å². The van der Waals surface area contributed by atoms with E-state index in [1.165, 1.54) is 4.90 Å². The second-order valence-corrected chi connectivity index (χ2v) is 6.30. The number of nitrogens with two attached hydrogens (primary N) is 1. The van der Waals surface area contributed by atoms with Gasteiger partial charge in [0.05, 0.1) is 12.6 Å². The average Bonchev–Trinajstić information content (AvgIpc) is 2.24. The van der Waals surface area contributed by atoms with E-state index in [1.807, 2.05) is 0 Å². The van der Waals surface area contributed by atoms with Crippen molar-refractivity contribution in [3.8, 4) is 0 Å². The van der Waals surface area contributed by atoms with Crippen molar-refractivity contribution >= 4 is 6.09 Å². The first-order chi connectivity index (χ1) is 8.98. The number of amides is 1. The summed E-state index contributed by atoms with van der Waals surface area (Å²) >= 11 is 0. The fraction of sp³-hybridized carbons (Fsp3) is 0.923. The van der Waals surface area contributed by atoms with E-state index in [2.05, 4.69) is 0 Å². The minimum Gasteiger partial charge on any atom is -0.444 e. The number of alkyl halides is 2. The van der Waals surface area contributed by atoms with Crippen LogP contribution in [0.2, 0.25) is 0 Å². The van der Waals surface area contributed by atoms with Gasteiger partial charge in [0.2, 0.25) is 0 Å². The van der Waals surface area contributed by atoms with Crippen molar-refractivity contribution in [3.63, 3.8) is 0 Å². The highest BCUT2D eigenvalue weighted by Gasteiger charge is 2.34. The summed E-state index contributed by atoms with van der Waals surface area (Å²) in [7, 11) is 0. The first-order valence-corrected chi connectivity index (χ1v) is 6.71. The second kappa shape index (κ2) is 6.22. The Kier molecular flexibility index (Phi) is 5.32. The Morgan fingerprint density at radius 3 is 2.45 bits per heavy atom. The van der Waals surface area contributed by atoms with Gasteiger partial charge >= 0.3 is 6.09 Å². The highest BCUT2D eigenvalue weighted by atomic mass is 19.3. The first kappa shape index (κ1) is 17.1. The molecule has 0 spiro atoms. The van der Waals surface area contributed by atoms with Crippen LogP contribution >= 0.6 is 0 Å². The van der Waals surface area contributed by atoms with E-state index in [0.717, 1.165) is 6.92 Å². The molecule has 2 atom stereocenters. The Balaban J connectivity index is 2.55. The molecule has 0 radical (unpaired) electrons. The first-order valence-electron chi connectivity index (χ1n) is 6.71. The van der Waals surface area contributed by atoms with Crippen molar-refractivity contribution in [2.45, 2.75) is 57.8 Å². The predicted molar refractivity (Wildman–Crippen MR) is 70.8 cm³/mol. The summed E-state index contributed by atoms with van der Waals surface area (Å²) in [5.41, 5.74) is 5.26. The lowest BCUT2D eigenvalue weighted by atomic mass is 10.0. The SMILES string of the molecule is CC(F)(F)COC1CN(C(=O)OC(C)(C)C)CCC1N. The quantitative estimate of drug-likeness (QED) is 0.864. The lowest BCUT2D eigenvalue weighted by Gasteiger charge is -2.37. The zero-order valence-electron chi connectivity index (χ0n) is 12.5. The molecule has 20 heavy (non-hydrogen) atoms. The Bertz CT molecular complexity index is 339. The molecular weight excluding hydrogens is 270 g/mol. The van der Waals surface area contributed by atoms with Crippen molar-refractivity contribution in [1.82, 2.24) is 4.90 Å². The molecule has 0 aromatic carbocycles. The molecule has 118 valence electrons. The lowest BCUT2D eigenvalue weighted by Crippen LogP contribution is -2.54. The molecule has 0 saturated carbocycles. The summed E-state index contributed by atoms with van der Waals surface area (Å²) < 4.78 is 36.0. The summed E-state index contributed by atoms with van der Waals surface area (Å²) in [6.07, 6.45) is -0.567. The third-order valence-electron chi connectivity index (χ3n) is 2.81. The Morgan fingerprint density at radius 1 is 1.35 bits per heavy atom. The molecule has 1 heterocycles. The number of rotatable bonds is 3. The van der Waals surface area contributed by atoms with E-state index in [4.69, 9.17) is 15.2 Å². The van der Waals surface area contributed by atoms with Crippen LogP contribution < -0.4 is 5.73 Å². The van der Waals surface area contributed by atoms with Crippen molar-refractivity contribution in [3.05, 3.63) is 0 Å². The molecule has 0 aromatic rings. The lowest BCUT2D eigenvalue weighted by molar-refractivity contribution is -0.105. The van der Waals surface area contributed by atoms with E-state index in [9.17, 15) is 13.6 Å². The molecule has 5 nitrogen and oxygen atoms in total. The largest absolute Gasteiger partial charge is 0.444 e. The minimum absolute atomic E-state index is 0.173. The van der Waals surface area contributed by atoms with Gasteiger partial charge in [-0.25, -0.2) is 13.6 Å². The molecule has 1 aliphatic rings. The number of hydrogen-bond acceptors (Lipinski definition) is 4. The molecule has 0 aliphatic carbocycles. The Labute approximate surface area is 118 Å². The number of piperidine rings is 1. The monoisotopic (exact) mass is 294 g/mol. The normalized spacial score (nSPS) is 24.6. The molecule has 0 bridgehead atoms. The van der Waals surface area contributed by atoms with Crippen LogP contribution in [-0.4, -0.2) is 54.4 Å². The standard InChI is InChI=1S/C13H24F2N2O3/c1-12(2,3)20-11(18)17-6-5-9(16)10(7-17)19-8-13(4,14)15/h9-10H,5-8,16H2,1-4H3. The van der Waals surface area contributed by atoms with Crippen LogP contribution in [0.3, 0.4) is 0 Å². The number of halogens is 2. The highest BCUT2D eigenvalue weighted by Crippen LogP contribution is 2.19. The zero-order valence-corrected chi connectivity index (χ0v) is 12.5. The van der Waals surface area contributed by atoms with Gasteiger partial charge in [0.25, 0.3) is 5.92 Å². The smallest absolute Gasteiger partial charge is 0.410 e. The van der Waals surface area contributed by atoms with Crippen LogP contribution in [0.4, 0.5) is 13.6 Å². The molecule has 1 saturated heterocycles. The molecule has 1 rings (SSSR count). The molecule has 1 aliphatic heterocycles. The van der Waals surface area contributed by atoms with Crippen LogP contribution in [0.25, 0.3) is 0 Å². The van der Waals surface area contributed by atoms with E-state index < -0.39 is 30.3 Å². The maximum absolute atomic E-state index is 12.8. The van der Waals surface area contributed by atoms with Gasteiger partial charge in [0.1, 0.15) is 12.2 Å². The molecule has 2 N–H and O–H groups in total. The summed E-state index contributed by atoms with van der Waals surface area (Å²) in [6, 6.07) is -0.351. The van der Waals surface area contributed by atoms with Gasteiger partial charge < -0.3 is 20.1 Å². The maximum atomic E-state index is 12.8. The Hall–Kier alpha value is -0.950. The van der Waals surface area contributed by atoms with Crippen LogP contribution in [-0.2, 0) is 9.47 Å². The van der Waals surface area contributed by atoms with Crippen molar-refractivity contribution in [1.29, 1.82) is 0 Å². The molecule has 0 aromatic heterocycles. The van der Waals surface area contributed by atoms with Crippen LogP contribution in [0.15, 0.2) is 0 Å². The van der Waals surface area contributed by atoms with Gasteiger partial charge in [-0.05, 0) is 27.2 Å². The van der Waals surface area contributed by atoms with Crippen LogP contribution in [0.1, 0.15) is 34.1 Å². The zero-order chi connectivity index (χ0) is 15.6. The van der Waals surface area contributed by atoms with Gasteiger partial charge in [-0.3, -0.25) is 0 Å². The van der Waals surface area contributed by atoms with Gasteiger partial charge in [-0.2, -0.15) is 0 Å². The number of nitrogens with zero attached hydrogens (tertiary/aromatic N) is 1. The van der Waals surface area contributed by atoms with Gasteiger partial charge in [0.15, 0.2) is 0 Å². The third-order valence-corrected chi connectivity index (χ3v) is 2.81. The molecule has 7 heteroatoms. The number of likely N-dealkylation sites (tertiary alicyclic amines) is 1. The highest BCUT2D eigenvalue weighted by molar-refractivity contribution is 5.68. The summed E-state index contributed by atoms with van der Waals surface area (Å²) in [5.74, 6) is -2.91. The van der Waals surface area contributed by atoms with Crippen LogP contribution in [0, 0.1) is 0 Å². The molecular formula is C13H24F2N2O3. The molecule has 1 fully saturated rings. The van der Waals surface area contributed by atoms with E-state index >= 15 is 0 Å². The number of ether oxygens (including phenoxy) is 2.